The molecule has 1 N–H and O–H groups in total. The lowest BCUT2D eigenvalue weighted by Crippen LogP contribution is -2.30. The molecule has 1 aliphatic carbocycles. The number of aryl methyl sites for hydroxylation is 2. The fourth-order valence-corrected chi connectivity index (χ4v) is 5.39. The minimum absolute atomic E-state index is 0.225. The van der Waals surface area contributed by atoms with Crippen molar-refractivity contribution in [1.82, 2.24) is 19.6 Å². The van der Waals surface area contributed by atoms with Crippen LogP contribution in [-0.4, -0.2) is 25.6 Å². The van der Waals surface area contributed by atoms with Crippen molar-refractivity contribution in [3.05, 3.63) is 52.4 Å². The summed E-state index contributed by atoms with van der Waals surface area (Å²) in [5.74, 6) is 2.85. The van der Waals surface area contributed by atoms with Gasteiger partial charge >= 0.3 is 5.97 Å². The first-order chi connectivity index (χ1) is 15.3. The van der Waals surface area contributed by atoms with Gasteiger partial charge in [-0.3, -0.25) is 10.1 Å². The van der Waals surface area contributed by atoms with Gasteiger partial charge in [0.2, 0.25) is 5.88 Å². The van der Waals surface area contributed by atoms with E-state index < -0.39 is 5.97 Å². The second-order valence-electron chi connectivity index (χ2n) is 9.41. The third kappa shape index (κ3) is 3.90. The summed E-state index contributed by atoms with van der Waals surface area (Å²) in [6.07, 6.45) is 7.07. The lowest BCUT2D eigenvalue weighted by molar-refractivity contribution is 0.0724. The second-order valence-corrected chi connectivity index (χ2v) is 9.41. The van der Waals surface area contributed by atoms with E-state index in [1.54, 1.807) is 23.0 Å². The number of rotatable bonds is 5. The number of ether oxygens (including phenoxy) is 1. The van der Waals surface area contributed by atoms with Crippen molar-refractivity contribution in [1.29, 1.82) is 0 Å². The number of H-pyrrole nitrogens is 1. The molecular formula is C25H31N5O2. The van der Waals surface area contributed by atoms with E-state index in [1.807, 2.05) is 13.8 Å². The predicted octanol–water partition coefficient (Wildman–Crippen LogP) is 5.56. The summed E-state index contributed by atoms with van der Waals surface area (Å²) in [6, 6.07) is 1.64. The summed E-state index contributed by atoms with van der Waals surface area (Å²) < 4.78 is 7.50. The van der Waals surface area contributed by atoms with E-state index in [-0.39, 0.29) is 5.88 Å². The van der Waals surface area contributed by atoms with Crippen LogP contribution >= 0.6 is 0 Å². The van der Waals surface area contributed by atoms with Crippen LogP contribution in [0.25, 0.3) is 10.5 Å². The highest BCUT2D eigenvalue weighted by atomic mass is 16.5. The van der Waals surface area contributed by atoms with E-state index in [2.05, 4.69) is 35.7 Å². The van der Waals surface area contributed by atoms with Gasteiger partial charge in [-0.25, -0.2) is 19.1 Å². The van der Waals surface area contributed by atoms with Gasteiger partial charge in [0.05, 0.1) is 12.1 Å². The average molecular weight is 434 g/mol. The third-order valence-electron chi connectivity index (χ3n) is 6.98. The Bertz CT molecular complexity index is 1170. The molecule has 7 heteroatoms. The first-order valence-electron chi connectivity index (χ1n) is 11.5. The maximum absolute atomic E-state index is 13.0. The molecule has 168 valence electrons. The van der Waals surface area contributed by atoms with Gasteiger partial charge < -0.3 is 4.74 Å². The molecule has 4 rings (SSSR count). The quantitative estimate of drug-likeness (QED) is 0.422. The molecule has 0 aromatic carbocycles. The first-order valence-corrected chi connectivity index (χ1v) is 11.5. The van der Waals surface area contributed by atoms with Crippen molar-refractivity contribution in [2.24, 2.45) is 23.7 Å². The van der Waals surface area contributed by atoms with Gasteiger partial charge in [0, 0.05) is 24.4 Å². The summed E-state index contributed by atoms with van der Waals surface area (Å²) in [7, 11) is 0. The summed E-state index contributed by atoms with van der Waals surface area (Å²) in [5, 5.41) is 3.22. The lowest BCUT2D eigenvalue weighted by Gasteiger charge is -2.38. The maximum atomic E-state index is 13.0. The number of pyridine rings is 1. The van der Waals surface area contributed by atoms with Crippen LogP contribution in [0, 0.1) is 37.2 Å². The maximum Gasteiger partial charge on any atom is 0.344 e. The number of aromatic amines is 1. The van der Waals surface area contributed by atoms with Crippen LogP contribution < -0.4 is 4.74 Å². The number of esters is 1. The van der Waals surface area contributed by atoms with E-state index in [0.29, 0.717) is 34.7 Å². The molecule has 0 saturated heterocycles. The fourth-order valence-electron chi connectivity index (χ4n) is 5.39. The van der Waals surface area contributed by atoms with Gasteiger partial charge in [-0.2, -0.15) is 0 Å². The van der Waals surface area contributed by atoms with E-state index >= 15 is 0 Å². The predicted molar refractivity (Wildman–Crippen MR) is 123 cm³/mol. The molecule has 1 saturated carbocycles. The molecule has 0 amide bonds. The smallest absolute Gasteiger partial charge is 0.344 e. The minimum atomic E-state index is -0.498. The van der Waals surface area contributed by atoms with Crippen LogP contribution in [0.3, 0.4) is 0 Å². The van der Waals surface area contributed by atoms with Crippen LogP contribution in [0.4, 0.5) is 5.69 Å². The third-order valence-corrected chi connectivity index (χ3v) is 6.98. The Hall–Kier alpha value is -3.14. The zero-order valence-corrected chi connectivity index (χ0v) is 19.5. The molecule has 3 aromatic rings. The fraction of sp³-hybridized carbons (Fsp3) is 0.520. The van der Waals surface area contributed by atoms with E-state index in [1.165, 1.54) is 12.8 Å². The molecule has 2 atom stereocenters. The van der Waals surface area contributed by atoms with Gasteiger partial charge in [-0.15, -0.1) is 0 Å². The Morgan fingerprint density at radius 2 is 2.03 bits per heavy atom. The van der Waals surface area contributed by atoms with Crippen LogP contribution in [0.15, 0.2) is 18.5 Å². The molecule has 7 nitrogen and oxygen atoms in total. The zero-order valence-electron chi connectivity index (χ0n) is 19.5. The molecule has 0 aliphatic heterocycles. The SMILES string of the molecule is [C-]#[N+]c1c(CC2C(C)CC(C)CC2C)c2nc(CC)[nH]n2c1OC(=O)c1ccncc1C. The van der Waals surface area contributed by atoms with Gasteiger partial charge in [0.25, 0.3) is 5.69 Å². The number of carbonyl (C=O) groups is 1. The van der Waals surface area contributed by atoms with Gasteiger partial charge in [0.1, 0.15) is 11.5 Å². The second kappa shape index (κ2) is 8.78. The van der Waals surface area contributed by atoms with Crippen LogP contribution in [0.1, 0.15) is 67.8 Å². The van der Waals surface area contributed by atoms with Gasteiger partial charge in [-0.05, 0) is 61.5 Å². The number of fused-ring (bicyclic) bond motifs is 1. The molecule has 3 aromatic heterocycles. The molecule has 32 heavy (non-hydrogen) atoms. The van der Waals surface area contributed by atoms with Gasteiger partial charge in [-0.1, -0.05) is 27.7 Å². The highest BCUT2D eigenvalue weighted by Gasteiger charge is 2.34. The van der Waals surface area contributed by atoms with Crippen molar-refractivity contribution >= 4 is 17.3 Å². The Labute approximate surface area is 189 Å². The van der Waals surface area contributed by atoms with Crippen LogP contribution in [-0.2, 0) is 12.8 Å². The zero-order chi connectivity index (χ0) is 23.0. The molecule has 3 heterocycles. The molecule has 1 fully saturated rings. The largest absolute Gasteiger partial charge is 0.414 e. The van der Waals surface area contributed by atoms with Crippen LogP contribution in [0.5, 0.6) is 5.88 Å². The highest BCUT2D eigenvalue weighted by molar-refractivity contribution is 5.93. The van der Waals surface area contributed by atoms with E-state index in [4.69, 9.17) is 16.3 Å². The summed E-state index contributed by atoms with van der Waals surface area (Å²) >= 11 is 0. The molecule has 2 unspecified atom stereocenters. The number of carbonyl (C=O) groups excluding carboxylic acids is 1. The normalized spacial score (nSPS) is 23.2. The Kier molecular flexibility index (Phi) is 6.05. The molecular weight excluding hydrogens is 402 g/mol. The number of nitrogens with one attached hydrogen (secondary N) is 1. The Morgan fingerprint density at radius 1 is 1.31 bits per heavy atom. The lowest BCUT2D eigenvalue weighted by atomic mass is 9.67. The number of aromatic nitrogens is 4. The van der Waals surface area contributed by atoms with E-state index in [0.717, 1.165) is 35.7 Å². The van der Waals surface area contributed by atoms with Crippen molar-refractivity contribution in [2.75, 3.05) is 0 Å². The van der Waals surface area contributed by atoms with Crippen LogP contribution in [0.2, 0.25) is 0 Å². The van der Waals surface area contributed by atoms with E-state index in [9.17, 15) is 4.79 Å². The number of hydrogen-bond donors (Lipinski definition) is 1. The van der Waals surface area contributed by atoms with Gasteiger partial charge in [0.15, 0.2) is 0 Å². The summed E-state index contributed by atoms with van der Waals surface area (Å²) in [6.45, 7) is 18.7. The summed E-state index contributed by atoms with van der Waals surface area (Å²) in [5.41, 5.74) is 3.12. The monoisotopic (exact) mass is 433 g/mol. The Balaban J connectivity index is 1.77. The number of hydrogen-bond acceptors (Lipinski definition) is 4. The standard InChI is InChI=1S/C25H31N5O2/c1-7-21-28-23-20(12-19-15(3)10-14(2)11-16(19)4)22(26-6)24(30(23)29-21)32-25(31)18-8-9-27-13-17(18)5/h8-9,13-16,19H,7,10-12H2,1-5H3,(H,28,29). The molecule has 0 bridgehead atoms. The minimum Gasteiger partial charge on any atom is -0.414 e. The molecule has 1 aliphatic rings. The average Bonchev–Trinajstić information content (AvgIpc) is 3.28. The first kappa shape index (κ1) is 22.1. The van der Waals surface area contributed by atoms with Crippen molar-refractivity contribution in [2.45, 2.75) is 60.3 Å². The van der Waals surface area contributed by atoms with Crippen molar-refractivity contribution < 1.29 is 9.53 Å². The topological polar surface area (TPSA) is 76.6 Å². The van der Waals surface area contributed by atoms with Crippen molar-refractivity contribution in [3.8, 4) is 5.88 Å². The Morgan fingerprint density at radius 3 is 2.66 bits per heavy atom. The summed E-state index contributed by atoms with van der Waals surface area (Å²) in [4.78, 5) is 25.6. The number of nitrogens with zero attached hydrogens (tertiary/aromatic N) is 4. The van der Waals surface area contributed by atoms with Crippen molar-refractivity contribution in [3.63, 3.8) is 0 Å². The molecule has 0 spiro atoms. The highest BCUT2D eigenvalue weighted by Crippen LogP contribution is 2.44. The molecule has 0 radical (unpaired) electrons.